The maximum atomic E-state index is 15.2. The van der Waals surface area contributed by atoms with Gasteiger partial charge in [0.15, 0.2) is 0 Å². The van der Waals surface area contributed by atoms with Crippen LogP contribution >= 0.6 is 0 Å². The molecule has 2 saturated heterocycles. The van der Waals surface area contributed by atoms with Crippen molar-refractivity contribution >= 4 is 43.2 Å². The molecule has 8 rings (SSSR count). The zero-order valence-electron chi connectivity index (χ0n) is 40.5. The van der Waals surface area contributed by atoms with Gasteiger partial charge < -0.3 is 24.3 Å². The highest BCUT2D eigenvalue weighted by Gasteiger charge is 2.38. The van der Waals surface area contributed by atoms with Crippen molar-refractivity contribution in [2.24, 2.45) is 0 Å². The maximum Gasteiger partial charge on any atom is 0.247 e. The number of amides is 2. The minimum Gasteiger partial charge on any atom is -0.495 e. The first kappa shape index (κ1) is 53.2. The molecule has 376 valence electrons. The Labute approximate surface area is 406 Å². The topological polar surface area (TPSA) is 131 Å². The fourth-order valence-electron chi connectivity index (χ4n) is 8.85. The quantitative estimate of drug-likeness (QED) is 0.117. The number of aryl methyl sites for hydroxylation is 1. The molecule has 18 heteroatoms. The lowest BCUT2D eigenvalue weighted by Crippen LogP contribution is -2.48. The van der Waals surface area contributed by atoms with E-state index in [1.807, 2.05) is 35.8 Å². The van der Waals surface area contributed by atoms with E-state index in [1.54, 1.807) is 66.1 Å². The van der Waals surface area contributed by atoms with Crippen molar-refractivity contribution in [3.8, 4) is 5.75 Å². The highest BCUT2D eigenvalue weighted by Crippen LogP contribution is 2.36. The van der Waals surface area contributed by atoms with Crippen molar-refractivity contribution in [2.45, 2.75) is 103 Å². The first-order chi connectivity index (χ1) is 33.0. The summed E-state index contributed by atoms with van der Waals surface area (Å²) >= 11 is 0. The molecule has 0 spiro atoms. The van der Waals surface area contributed by atoms with Crippen molar-refractivity contribution in [2.75, 3.05) is 75.0 Å². The number of halogens is 3. The van der Waals surface area contributed by atoms with Gasteiger partial charge in [-0.15, -0.1) is 0 Å². The van der Waals surface area contributed by atoms with Crippen LogP contribution in [0.4, 0.5) is 24.5 Å². The second-order valence-corrected chi connectivity index (χ2v) is 21.5. The number of benzene rings is 4. The number of piperazine rings is 2. The number of nitrogens with zero attached hydrogens (tertiary/aromatic N) is 6. The Morgan fingerprint density at radius 1 is 0.623 bits per heavy atom. The normalized spacial score (nSPS) is 16.8. The van der Waals surface area contributed by atoms with Gasteiger partial charge in [0, 0.05) is 114 Å². The molecule has 0 unspecified atom stereocenters. The number of carbonyl (C=O) groups excluding carboxylic acids is 2. The van der Waals surface area contributed by atoms with Crippen LogP contribution in [0, 0.1) is 17.5 Å². The first-order valence-electron chi connectivity index (χ1n) is 24.0. The Balaban J connectivity index is 0.000000219. The first-order valence-corrected chi connectivity index (χ1v) is 27.1. The minimum atomic E-state index is -3.87. The molecule has 2 heterocycles. The number of sulfonamides is 2. The average Bonchev–Trinajstić information content (AvgIpc) is 3.31. The van der Waals surface area contributed by atoms with Crippen molar-refractivity contribution in [1.82, 2.24) is 18.4 Å². The predicted molar refractivity (Wildman–Crippen MR) is 264 cm³/mol. The molecule has 4 fully saturated rings. The van der Waals surface area contributed by atoms with Gasteiger partial charge >= 0.3 is 0 Å². The lowest BCUT2D eigenvalue weighted by molar-refractivity contribution is -0.129. The summed E-state index contributed by atoms with van der Waals surface area (Å²) in [6, 6.07) is 22.1. The van der Waals surface area contributed by atoms with E-state index in [1.165, 1.54) is 46.1 Å². The molecule has 0 N–H and O–H groups in total. The van der Waals surface area contributed by atoms with Crippen LogP contribution in [-0.2, 0) is 49.1 Å². The fourth-order valence-corrected chi connectivity index (χ4v) is 12.4. The van der Waals surface area contributed by atoms with E-state index in [0.29, 0.717) is 69.0 Å². The lowest BCUT2D eigenvalue weighted by atomic mass is 9.93. The molecule has 0 atom stereocenters. The summed E-state index contributed by atoms with van der Waals surface area (Å²) in [7, 11) is -6.09. The molecule has 4 aromatic carbocycles. The van der Waals surface area contributed by atoms with Crippen LogP contribution in [0.2, 0.25) is 0 Å². The third kappa shape index (κ3) is 13.4. The van der Waals surface area contributed by atoms with Gasteiger partial charge in [-0.3, -0.25) is 9.59 Å². The van der Waals surface area contributed by atoms with Gasteiger partial charge in [0.2, 0.25) is 31.9 Å². The van der Waals surface area contributed by atoms with Gasteiger partial charge in [0.1, 0.15) is 28.1 Å². The Bertz CT molecular complexity index is 2600. The average molecular weight is 997 g/mol. The Morgan fingerprint density at radius 3 is 1.54 bits per heavy atom. The summed E-state index contributed by atoms with van der Waals surface area (Å²) in [6.45, 7) is 12.0. The third-order valence-corrected chi connectivity index (χ3v) is 17.2. The zero-order chi connectivity index (χ0) is 49.9. The van der Waals surface area contributed by atoms with E-state index in [0.717, 1.165) is 49.9 Å². The van der Waals surface area contributed by atoms with Crippen molar-refractivity contribution < 1.29 is 44.3 Å². The lowest BCUT2D eigenvalue weighted by Gasteiger charge is -2.37. The van der Waals surface area contributed by atoms with Gasteiger partial charge in [0.25, 0.3) is 0 Å². The van der Waals surface area contributed by atoms with Crippen LogP contribution in [0.1, 0.15) is 82.9 Å². The Hall–Kier alpha value is -5.17. The van der Waals surface area contributed by atoms with E-state index in [-0.39, 0.29) is 59.8 Å². The van der Waals surface area contributed by atoms with Crippen LogP contribution in [0.15, 0.2) is 89.8 Å². The minimum absolute atomic E-state index is 0.0135. The van der Waals surface area contributed by atoms with Gasteiger partial charge in [-0.2, -0.15) is 8.61 Å². The molecular weight excluding hydrogens is 930 g/mol. The highest BCUT2D eigenvalue weighted by molar-refractivity contribution is 7.89. The summed E-state index contributed by atoms with van der Waals surface area (Å²) in [5.74, 6) is -1.04. The molecule has 13 nitrogen and oxygen atoms in total. The third-order valence-electron chi connectivity index (χ3n) is 13.4. The molecule has 2 saturated carbocycles. The van der Waals surface area contributed by atoms with Gasteiger partial charge in [-0.25, -0.2) is 30.0 Å². The molecule has 4 aliphatic rings. The second-order valence-electron chi connectivity index (χ2n) is 17.6. The van der Waals surface area contributed by atoms with E-state index in [4.69, 9.17) is 4.74 Å². The second kappa shape index (κ2) is 24.1. The molecule has 0 bridgehead atoms. The van der Waals surface area contributed by atoms with Crippen LogP contribution < -0.4 is 14.5 Å². The van der Waals surface area contributed by atoms with Crippen LogP contribution in [0.25, 0.3) is 0 Å². The summed E-state index contributed by atoms with van der Waals surface area (Å²) in [4.78, 5) is 30.8. The van der Waals surface area contributed by atoms with Crippen molar-refractivity contribution in [3.05, 3.63) is 119 Å². The SMILES string of the molecule is CC.CC(=O)N1CCN(c2ccc(CN(C3CCC3)S(=O)(=O)CCc3cccc(F)c3)c(F)c2)CC1.COc1ccccc1S(=O)(=O)N(Cc1ccc(N2CCN(C(C)=O)CC2)cc1F)C1CCC1. The van der Waals surface area contributed by atoms with Gasteiger partial charge in [0.05, 0.1) is 12.9 Å². The molecule has 0 aromatic heterocycles. The fraction of sp³-hybridized carbons (Fsp3) is 0.490. The Morgan fingerprint density at radius 2 is 1.10 bits per heavy atom. The molecule has 4 aromatic rings. The molecule has 2 aliphatic carbocycles. The number of hydrogen-bond acceptors (Lipinski definition) is 9. The zero-order valence-corrected chi connectivity index (χ0v) is 42.1. The summed E-state index contributed by atoms with van der Waals surface area (Å²) in [5.41, 5.74) is 2.77. The van der Waals surface area contributed by atoms with Gasteiger partial charge in [-0.05, 0) is 86.2 Å². The van der Waals surface area contributed by atoms with Crippen LogP contribution in [0.5, 0.6) is 5.75 Å². The standard InChI is InChI=1S/C25H31F2N3O3S.C24H30FN3O4S.C2H6/c1-19(31)28-11-13-29(14-12-28)24-9-8-21(25(27)17-24)18-30(23-6-3-7-23)34(32,33)15-10-20-4-2-5-22(26)16-20;1-18(29)26-12-14-27(15-13-26)21-11-10-19(22(25)16-21)17-28(20-6-5-7-20)33(30,31)24-9-4-3-8-23(24)32-2;1-2/h2,4-5,8-9,16-17,23H,3,6-7,10-15,18H2,1H3;3-4,8-11,16,20H,5-7,12-15,17H2,1-2H3;1-2H3. The number of rotatable bonds is 15. The maximum absolute atomic E-state index is 15.2. The van der Waals surface area contributed by atoms with Gasteiger partial charge in [-0.1, -0.05) is 63.1 Å². The predicted octanol–water partition coefficient (Wildman–Crippen LogP) is 7.83. The number of para-hydroxylation sites is 1. The molecule has 2 aliphatic heterocycles. The van der Waals surface area contributed by atoms with E-state index >= 15 is 8.78 Å². The summed E-state index contributed by atoms with van der Waals surface area (Å²) in [5, 5.41) is 0. The Kier molecular flexibility index (Phi) is 18.6. The van der Waals surface area contributed by atoms with E-state index in [2.05, 4.69) is 0 Å². The van der Waals surface area contributed by atoms with Crippen LogP contribution in [0.3, 0.4) is 0 Å². The van der Waals surface area contributed by atoms with E-state index < -0.39 is 37.5 Å². The largest absolute Gasteiger partial charge is 0.495 e. The number of methoxy groups -OCH3 is 1. The number of anilines is 2. The monoisotopic (exact) mass is 996 g/mol. The highest BCUT2D eigenvalue weighted by atomic mass is 32.2. The number of hydrogen-bond donors (Lipinski definition) is 0. The molecule has 69 heavy (non-hydrogen) atoms. The smallest absolute Gasteiger partial charge is 0.247 e. The van der Waals surface area contributed by atoms with E-state index in [9.17, 15) is 30.8 Å². The summed E-state index contributed by atoms with van der Waals surface area (Å²) < 4.78 is 105. The summed E-state index contributed by atoms with van der Waals surface area (Å²) in [6.07, 6.45) is 5.16. The van der Waals surface area contributed by atoms with Crippen molar-refractivity contribution in [3.63, 3.8) is 0 Å². The molecule has 2 amide bonds. The molecular formula is C51H67F3N6O7S2. The molecule has 0 radical (unpaired) electrons. The van der Waals surface area contributed by atoms with Crippen LogP contribution in [-0.4, -0.2) is 124 Å². The number of ether oxygens (including phenoxy) is 1. The number of carbonyl (C=O) groups is 2. The van der Waals surface area contributed by atoms with Crippen molar-refractivity contribution in [1.29, 1.82) is 0 Å².